The van der Waals surface area contributed by atoms with Crippen LogP contribution in [-0.2, 0) is 10.0 Å². The normalized spacial score (nSPS) is 11.8. The van der Waals surface area contributed by atoms with E-state index in [1.54, 1.807) is 60.7 Å². The fraction of sp³-hybridized carbons (Fsp3) is 0. The van der Waals surface area contributed by atoms with Gasteiger partial charge < -0.3 is 5.11 Å². The Kier molecular flexibility index (Phi) is 5.45. The molecule has 4 rings (SSSR count). The van der Waals surface area contributed by atoms with Crippen LogP contribution < -0.4 is 5.69 Å². The topological polar surface area (TPSA) is 106 Å². The highest BCUT2D eigenvalue weighted by Crippen LogP contribution is 2.31. The molecule has 0 bridgehead atoms. The first-order chi connectivity index (χ1) is 14.9. The summed E-state index contributed by atoms with van der Waals surface area (Å²) in [5.74, 6) is -0.868. The summed E-state index contributed by atoms with van der Waals surface area (Å²) in [5, 5.41) is 14.9. The number of hydrogen-bond acceptors (Lipinski definition) is 5. The van der Waals surface area contributed by atoms with E-state index in [0.29, 0.717) is 16.4 Å². The zero-order valence-electron chi connectivity index (χ0n) is 15.8. The molecule has 0 radical (unpaired) electrons. The SMILES string of the molecule is O=c1n(-c2ccccc2)c(O)c(/N=N/S(=O)(=O)c2ccc(Cl)cc2)n1-c1ccccc1. The van der Waals surface area contributed by atoms with Crippen LogP contribution in [0.4, 0.5) is 5.82 Å². The summed E-state index contributed by atoms with van der Waals surface area (Å²) >= 11 is 5.80. The van der Waals surface area contributed by atoms with Crippen LogP contribution in [-0.4, -0.2) is 22.7 Å². The van der Waals surface area contributed by atoms with Gasteiger partial charge in [-0.25, -0.2) is 13.9 Å². The van der Waals surface area contributed by atoms with Crippen molar-refractivity contribution in [1.29, 1.82) is 0 Å². The van der Waals surface area contributed by atoms with Crippen molar-refractivity contribution in [3.8, 4) is 17.3 Å². The molecule has 1 N–H and O–H groups in total. The Morgan fingerprint density at radius 2 is 1.29 bits per heavy atom. The average Bonchev–Trinajstić information content (AvgIpc) is 3.03. The Labute approximate surface area is 182 Å². The molecule has 8 nitrogen and oxygen atoms in total. The van der Waals surface area contributed by atoms with Gasteiger partial charge in [0.25, 0.3) is 10.0 Å². The third-order valence-corrected chi connectivity index (χ3v) is 5.81. The van der Waals surface area contributed by atoms with E-state index < -0.39 is 21.6 Å². The van der Waals surface area contributed by atoms with Crippen molar-refractivity contribution in [2.45, 2.75) is 4.90 Å². The summed E-state index contributed by atoms with van der Waals surface area (Å²) in [6, 6.07) is 22.2. The van der Waals surface area contributed by atoms with Gasteiger partial charge in [-0.05, 0) is 48.5 Å². The molecule has 10 heteroatoms. The minimum Gasteiger partial charge on any atom is -0.491 e. The number of benzene rings is 3. The molecule has 156 valence electrons. The Morgan fingerprint density at radius 1 is 0.774 bits per heavy atom. The number of nitrogens with zero attached hydrogens (tertiary/aromatic N) is 4. The molecule has 0 aliphatic rings. The highest BCUT2D eigenvalue weighted by atomic mass is 35.5. The van der Waals surface area contributed by atoms with Crippen molar-refractivity contribution in [2.24, 2.45) is 9.63 Å². The van der Waals surface area contributed by atoms with E-state index in [-0.39, 0.29) is 10.7 Å². The standard InChI is InChI=1S/C21H15ClN4O4S/c22-15-11-13-18(14-12-15)31(29,30)24-23-19-20(27)26(17-9-5-2-6-10-17)21(28)25(19)16-7-3-1-4-8-16/h1-14,27H/b24-23+. The number of rotatable bonds is 5. The van der Waals surface area contributed by atoms with Gasteiger partial charge in [-0.1, -0.05) is 52.5 Å². The fourth-order valence-corrected chi connectivity index (χ4v) is 3.82. The van der Waals surface area contributed by atoms with Gasteiger partial charge in [0.15, 0.2) is 0 Å². The number of para-hydroxylation sites is 2. The van der Waals surface area contributed by atoms with E-state index >= 15 is 0 Å². The van der Waals surface area contributed by atoms with Crippen LogP contribution in [0.3, 0.4) is 0 Å². The van der Waals surface area contributed by atoms with E-state index in [9.17, 15) is 18.3 Å². The Bertz CT molecular complexity index is 1410. The first-order valence-electron chi connectivity index (χ1n) is 8.99. The van der Waals surface area contributed by atoms with Crippen LogP contribution in [0.25, 0.3) is 11.4 Å². The van der Waals surface area contributed by atoms with E-state index in [4.69, 9.17) is 11.6 Å². The summed E-state index contributed by atoms with van der Waals surface area (Å²) in [5.41, 5.74) is 0.139. The van der Waals surface area contributed by atoms with Crippen LogP contribution in [0.1, 0.15) is 0 Å². The first-order valence-corrected chi connectivity index (χ1v) is 10.8. The number of imidazole rings is 1. The minimum absolute atomic E-state index is 0.128. The fourth-order valence-electron chi connectivity index (χ4n) is 2.94. The molecular formula is C21H15ClN4O4S. The lowest BCUT2D eigenvalue weighted by Crippen LogP contribution is -2.21. The van der Waals surface area contributed by atoms with Crippen LogP contribution in [0.5, 0.6) is 5.88 Å². The van der Waals surface area contributed by atoms with Crippen molar-refractivity contribution in [1.82, 2.24) is 9.13 Å². The number of sulfonamides is 1. The van der Waals surface area contributed by atoms with Crippen LogP contribution in [0.15, 0.2) is 104 Å². The van der Waals surface area contributed by atoms with Crippen molar-refractivity contribution in [3.63, 3.8) is 0 Å². The smallest absolute Gasteiger partial charge is 0.342 e. The zero-order valence-corrected chi connectivity index (χ0v) is 17.4. The second-order valence-electron chi connectivity index (χ2n) is 6.38. The molecule has 0 spiro atoms. The zero-order chi connectivity index (χ0) is 22.0. The molecule has 0 unspecified atom stereocenters. The molecule has 31 heavy (non-hydrogen) atoms. The van der Waals surface area contributed by atoms with Crippen LogP contribution in [0.2, 0.25) is 5.02 Å². The Morgan fingerprint density at radius 3 is 1.84 bits per heavy atom. The van der Waals surface area contributed by atoms with Gasteiger partial charge in [-0.3, -0.25) is 0 Å². The lowest BCUT2D eigenvalue weighted by atomic mass is 10.3. The predicted molar refractivity (Wildman–Crippen MR) is 116 cm³/mol. The number of aromatic hydroxyl groups is 1. The predicted octanol–water partition coefficient (Wildman–Crippen LogP) is 4.46. The summed E-state index contributed by atoms with van der Waals surface area (Å²) in [6.45, 7) is 0. The molecule has 4 aromatic rings. The van der Waals surface area contributed by atoms with Crippen LogP contribution >= 0.6 is 11.6 Å². The van der Waals surface area contributed by atoms with Crippen molar-refractivity contribution >= 4 is 27.4 Å². The van der Waals surface area contributed by atoms with E-state index in [2.05, 4.69) is 9.63 Å². The van der Waals surface area contributed by atoms with E-state index in [0.717, 1.165) is 9.13 Å². The maximum absolute atomic E-state index is 13.1. The summed E-state index contributed by atoms with van der Waals surface area (Å²) in [7, 11) is -4.20. The Balaban J connectivity index is 1.90. The van der Waals surface area contributed by atoms with Gasteiger partial charge in [0.2, 0.25) is 11.7 Å². The third kappa shape index (κ3) is 4.00. The second kappa shape index (κ2) is 8.21. The molecule has 1 aromatic heterocycles. The monoisotopic (exact) mass is 454 g/mol. The maximum atomic E-state index is 13.1. The molecule has 0 atom stereocenters. The molecule has 3 aromatic carbocycles. The quantitative estimate of drug-likeness (QED) is 0.449. The molecule has 0 fully saturated rings. The van der Waals surface area contributed by atoms with Gasteiger partial charge in [0, 0.05) is 5.02 Å². The van der Waals surface area contributed by atoms with Gasteiger partial charge in [0.1, 0.15) is 0 Å². The van der Waals surface area contributed by atoms with E-state index in [1.807, 2.05) is 0 Å². The maximum Gasteiger partial charge on any atom is 0.342 e. The van der Waals surface area contributed by atoms with Crippen molar-refractivity contribution < 1.29 is 13.5 Å². The number of aromatic nitrogens is 2. The van der Waals surface area contributed by atoms with E-state index in [1.165, 1.54) is 24.3 Å². The average molecular weight is 455 g/mol. The summed E-state index contributed by atoms with van der Waals surface area (Å²) < 4.78 is 30.7. The highest BCUT2D eigenvalue weighted by molar-refractivity contribution is 7.90. The molecule has 0 amide bonds. The number of hydrogen-bond donors (Lipinski definition) is 1. The summed E-state index contributed by atoms with van der Waals surface area (Å²) in [4.78, 5) is 13.0. The highest BCUT2D eigenvalue weighted by Gasteiger charge is 2.23. The van der Waals surface area contributed by atoms with Gasteiger partial charge >= 0.3 is 5.69 Å². The van der Waals surface area contributed by atoms with Gasteiger partial charge in [-0.15, -0.1) is 5.11 Å². The van der Waals surface area contributed by atoms with Gasteiger partial charge in [-0.2, -0.15) is 8.42 Å². The van der Waals surface area contributed by atoms with Crippen molar-refractivity contribution in [3.05, 3.63) is 100 Å². The number of halogens is 1. The largest absolute Gasteiger partial charge is 0.491 e. The molecule has 0 aliphatic heterocycles. The Hall–Kier alpha value is -3.69. The molecule has 0 aliphatic carbocycles. The lowest BCUT2D eigenvalue weighted by Gasteiger charge is -2.02. The van der Waals surface area contributed by atoms with Gasteiger partial charge in [0.05, 0.1) is 16.3 Å². The lowest BCUT2D eigenvalue weighted by molar-refractivity contribution is 0.442. The molecule has 1 heterocycles. The molecule has 0 saturated heterocycles. The van der Waals surface area contributed by atoms with Crippen molar-refractivity contribution in [2.75, 3.05) is 0 Å². The second-order valence-corrected chi connectivity index (χ2v) is 8.40. The summed E-state index contributed by atoms with van der Waals surface area (Å²) in [6.07, 6.45) is 0. The third-order valence-electron chi connectivity index (χ3n) is 4.39. The first kappa shape index (κ1) is 20.6. The molecular weight excluding hydrogens is 440 g/mol. The minimum atomic E-state index is -4.20. The van der Waals surface area contributed by atoms with Crippen LogP contribution in [0, 0.1) is 0 Å². The molecule has 0 saturated carbocycles.